The first-order chi connectivity index (χ1) is 11.1. The van der Waals surface area contributed by atoms with Crippen molar-refractivity contribution in [3.63, 3.8) is 0 Å². The topological polar surface area (TPSA) is 209 Å². The van der Waals surface area contributed by atoms with E-state index < -0.39 is 62.9 Å². The van der Waals surface area contributed by atoms with E-state index in [0.717, 1.165) is 12.1 Å². The lowest BCUT2D eigenvalue weighted by atomic mass is 10.1. The highest BCUT2D eigenvalue weighted by atomic mass is 32.2. The molecule has 0 aliphatic heterocycles. The summed E-state index contributed by atoms with van der Waals surface area (Å²) in [6, 6.07) is 2.25. The third-order valence-electron chi connectivity index (χ3n) is 3.19. The largest absolute Gasteiger partial charge is 0.507 e. The molecule has 0 aliphatic rings. The molecule has 6 N–H and O–H groups in total. The van der Waals surface area contributed by atoms with Gasteiger partial charge in [0, 0.05) is 10.9 Å². The lowest BCUT2D eigenvalue weighted by Crippen LogP contribution is -2.10. The van der Waals surface area contributed by atoms with Crippen molar-refractivity contribution in [3.8, 4) is 5.75 Å². The van der Waals surface area contributed by atoms with Crippen LogP contribution in [0.25, 0.3) is 10.8 Å². The second-order valence-corrected chi connectivity index (χ2v) is 9.22. The number of phenolic OH excluding ortho intramolecular Hbond substituents is 1. The lowest BCUT2D eigenvalue weighted by Gasteiger charge is -2.13. The summed E-state index contributed by atoms with van der Waals surface area (Å²) in [5.74, 6) is -2.31. The minimum atomic E-state index is -5.06. The van der Waals surface area contributed by atoms with Crippen LogP contribution in [0.15, 0.2) is 28.0 Å². The van der Waals surface area contributed by atoms with E-state index in [-0.39, 0.29) is 10.8 Å². The van der Waals surface area contributed by atoms with Gasteiger partial charge in [-0.1, -0.05) is 0 Å². The van der Waals surface area contributed by atoms with Gasteiger partial charge in [-0.15, -0.1) is 0 Å². The molecule has 0 spiro atoms. The third kappa shape index (κ3) is 4.00. The van der Waals surface area contributed by atoms with Crippen molar-refractivity contribution in [1.29, 1.82) is 0 Å². The number of nitrogens with two attached hydrogens (primary N) is 1. The smallest absolute Gasteiger partial charge is 0.296 e. The van der Waals surface area contributed by atoms with Gasteiger partial charge < -0.3 is 10.8 Å². The average molecular weight is 413 g/mol. The van der Waals surface area contributed by atoms with Gasteiger partial charge in [-0.25, -0.2) is 0 Å². The zero-order valence-corrected chi connectivity index (χ0v) is 14.4. The van der Waals surface area contributed by atoms with Gasteiger partial charge in [0.1, 0.15) is 21.3 Å². The highest BCUT2D eigenvalue weighted by molar-refractivity contribution is 7.86. The maximum Gasteiger partial charge on any atom is 0.296 e. The van der Waals surface area contributed by atoms with Gasteiger partial charge in [0.25, 0.3) is 30.4 Å². The quantitative estimate of drug-likeness (QED) is 0.333. The predicted octanol–water partition coefficient (Wildman–Crippen LogP) is 0.00880. The van der Waals surface area contributed by atoms with E-state index in [1.807, 2.05) is 0 Å². The summed E-state index contributed by atoms with van der Waals surface area (Å²) < 4.78 is 94.7. The molecule has 138 valence electrons. The molecular weight excluding hydrogens is 402 g/mol. The van der Waals surface area contributed by atoms with Crippen LogP contribution in [-0.2, 0) is 36.1 Å². The molecule has 0 atom stereocenters. The fraction of sp³-hybridized carbons (Fsp3) is 0.0909. The van der Waals surface area contributed by atoms with Crippen LogP contribution in [0.5, 0.6) is 5.75 Å². The maximum atomic E-state index is 11.5. The molecule has 0 aliphatic carbocycles. The van der Waals surface area contributed by atoms with Crippen LogP contribution in [0.1, 0.15) is 5.56 Å². The number of aromatic hydroxyl groups is 1. The first-order valence-electron chi connectivity index (χ1n) is 6.09. The Morgan fingerprint density at radius 3 is 1.76 bits per heavy atom. The van der Waals surface area contributed by atoms with E-state index in [9.17, 15) is 34.9 Å². The molecule has 0 saturated carbocycles. The van der Waals surface area contributed by atoms with Crippen LogP contribution in [0, 0.1) is 0 Å². The van der Waals surface area contributed by atoms with E-state index in [1.54, 1.807) is 0 Å². The molecule has 25 heavy (non-hydrogen) atoms. The van der Waals surface area contributed by atoms with Crippen LogP contribution in [0.4, 0.5) is 5.69 Å². The molecular formula is C11H11NO10S3. The van der Waals surface area contributed by atoms with Gasteiger partial charge >= 0.3 is 0 Å². The number of anilines is 1. The first-order valence-corrected chi connectivity index (χ1v) is 10.6. The van der Waals surface area contributed by atoms with E-state index >= 15 is 0 Å². The monoisotopic (exact) mass is 413 g/mol. The van der Waals surface area contributed by atoms with Crippen LogP contribution in [0.3, 0.4) is 0 Å². The number of phenols is 1. The van der Waals surface area contributed by atoms with Crippen molar-refractivity contribution in [3.05, 3.63) is 23.8 Å². The van der Waals surface area contributed by atoms with Crippen LogP contribution < -0.4 is 5.73 Å². The highest BCUT2D eigenvalue weighted by Gasteiger charge is 2.26. The number of fused-ring (bicyclic) bond motifs is 1. The third-order valence-corrected chi connectivity index (χ3v) is 5.67. The number of nitrogen functional groups attached to an aromatic ring is 1. The molecule has 0 fully saturated rings. The van der Waals surface area contributed by atoms with Crippen molar-refractivity contribution in [2.24, 2.45) is 0 Å². The zero-order chi connectivity index (χ0) is 19.4. The Kier molecular flexibility index (Phi) is 4.48. The fourth-order valence-corrected chi connectivity index (χ4v) is 4.36. The number of benzene rings is 2. The summed E-state index contributed by atoms with van der Waals surface area (Å²) in [6.07, 6.45) is 0. The zero-order valence-electron chi connectivity index (χ0n) is 12.0. The molecule has 0 saturated heterocycles. The van der Waals surface area contributed by atoms with Crippen LogP contribution in [-0.4, -0.2) is 44.0 Å². The summed E-state index contributed by atoms with van der Waals surface area (Å²) in [6.45, 7) is 0. The highest BCUT2D eigenvalue weighted by Crippen LogP contribution is 2.38. The van der Waals surface area contributed by atoms with Crippen molar-refractivity contribution in [1.82, 2.24) is 0 Å². The second kappa shape index (κ2) is 5.79. The van der Waals surface area contributed by atoms with Gasteiger partial charge in [-0.2, -0.15) is 25.3 Å². The number of hydrogen-bond acceptors (Lipinski definition) is 8. The van der Waals surface area contributed by atoms with Gasteiger partial charge in [0.15, 0.2) is 0 Å². The Labute approximate surface area is 141 Å². The average Bonchev–Trinajstić information content (AvgIpc) is 2.38. The normalized spacial score (nSPS) is 13.2. The lowest BCUT2D eigenvalue weighted by molar-refractivity contribution is 0.459. The van der Waals surface area contributed by atoms with Gasteiger partial charge in [0.2, 0.25) is 0 Å². The van der Waals surface area contributed by atoms with Gasteiger partial charge in [-0.3, -0.25) is 13.7 Å². The van der Waals surface area contributed by atoms with Crippen molar-refractivity contribution in [2.45, 2.75) is 15.5 Å². The number of rotatable bonds is 4. The molecule has 14 heteroatoms. The van der Waals surface area contributed by atoms with Crippen molar-refractivity contribution >= 4 is 46.8 Å². The maximum absolute atomic E-state index is 11.5. The van der Waals surface area contributed by atoms with Crippen molar-refractivity contribution < 1.29 is 44.0 Å². The predicted molar refractivity (Wildman–Crippen MR) is 84.9 cm³/mol. The summed E-state index contributed by atoms with van der Waals surface area (Å²) in [5, 5.41) is 9.60. The van der Waals surface area contributed by atoms with E-state index in [0.29, 0.717) is 6.07 Å². The molecule has 0 heterocycles. The summed E-state index contributed by atoms with van der Waals surface area (Å²) in [4.78, 5) is -1.86. The molecule has 11 nitrogen and oxygen atoms in total. The number of hydrogen-bond donors (Lipinski definition) is 5. The molecule has 2 aromatic rings. The Morgan fingerprint density at radius 2 is 1.32 bits per heavy atom. The Morgan fingerprint density at radius 1 is 0.840 bits per heavy atom. The molecule has 0 radical (unpaired) electrons. The molecule has 0 bridgehead atoms. The second-order valence-electron chi connectivity index (χ2n) is 4.99. The Bertz CT molecular complexity index is 1200. The molecule has 2 aromatic carbocycles. The van der Waals surface area contributed by atoms with Gasteiger partial charge in [-0.05, 0) is 23.6 Å². The minimum Gasteiger partial charge on any atom is -0.507 e. The minimum absolute atomic E-state index is 0.268. The molecule has 2 rings (SSSR count). The van der Waals surface area contributed by atoms with E-state index in [4.69, 9.17) is 14.8 Å². The first kappa shape index (κ1) is 19.4. The van der Waals surface area contributed by atoms with Gasteiger partial charge in [0.05, 0.1) is 5.69 Å². The summed E-state index contributed by atoms with van der Waals surface area (Å²) in [5.41, 5.74) is 4.11. The summed E-state index contributed by atoms with van der Waals surface area (Å²) in [7, 11) is -14.6. The molecule has 0 amide bonds. The van der Waals surface area contributed by atoms with E-state index in [2.05, 4.69) is 0 Å². The van der Waals surface area contributed by atoms with Crippen LogP contribution >= 0.6 is 0 Å². The van der Waals surface area contributed by atoms with E-state index in [1.165, 1.54) is 0 Å². The Balaban J connectivity index is 3.02. The standard InChI is InChI=1S/C11H11NO10S3/c12-8-3-6-5(2-10(8)25(20,21)22)1-9(24(17,18)19)7(11(6)13)4-23(14,15)16/h1-3,13H,4,12H2,(H,14,15,16)(H,17,18,19)(H,20,21,22). The molecule has 0 aromatic heterocycles. The Hall–Kier alpha value is -1.97. The van der Waals surface area contributed by atoms with Crippen molar-refractivity contribution in [2.75, 3.05) is 5.73 Å². The van der Waals surface area contributed by atoms with Crippen LogP contribution in [0.2, 0.25) is 0 Å². The molecule has 0 unspecified atom stereocenters. The fourth-order valence-electron chi connectivity index (χ4n) is 2.22. The summed E-state index contributed by atoms with van der Waals surface area (Å²) >= 11 is 0. The SMILES string of the molecule is Nc1cc2c(O)c(CS(=O)(=O)O)c(S(=O)(=O)O)cc2cc1S(=O)(=O)O.